The van der Waals surface area contributed by atoms with Crippen molar-refractivity contribution < 1.29 is 14.3 Å². The van der Waals surface area contributed by atoms with Crippen LogP contribution in [-0.4, -0.2) is 41.8 Å². The molecule has 0 saturated carbocycles. The van der Waals surface area contributed by atoms with E-state index in [1.807, 2.05) is 6.92 Å². The number of anilines is 2. The van der Waals surface area contributed by atoms with Crippen molar-refractivity contribution >= 4 is 17.9 Å². The van der Waals surface area contributed by atoms with E-state index in [2.05, 4.69) is 51.8 Å². The van der Waals surface area contributed by atoms with Crippen LogP contribution in [0.3, 0.4) is 0 Å². The number of ether oxygens (including phenoxy) is 2. The maximum absolute atomic E-state index is 11.9. The normalized spacial score (nSPS) is 17.5. The van der Waals surface area contributed by atoms with Gasteiger partial charge in [0.2, 0.25) is 5.95 Å². The van der Waals surface area contributed by atoms with Gasteiger partial charge in [-0.1, -0.05) is 24.3 Å². The lowest BCUT2D eigenvalue weighted by Gasteiger charge is -2.27. The maximum Gasteiger partial charge on any atom is 0.415 e. The minimum atomic E-state index is -0.372. The smallest absolute Gasteiger partial charge is 0.415 e. The zero-order valence-corrected chi connectivity index (χ0v) is 16.1. The van der Waals surface area contributed by atoms with Crippen LogP contribution >= 0.6 is 0 Å². The Bertz CT molecular complexity index is 838. The molecule has 1 fully saturated rings. The first-order chi connectivity index (χ1) is 13.6. The van der Waals surface area contributed by atoms with Gasteiger partial charge < -0.3 is 20.1 Å². The summed E-state index contributed by atoms with van der Waals surface area (Å²) in [4.78, 5) is 22.3. The summed E-state index contributed by atoms with van der Waals surface area (Å²) in [6.45, 7) is 7.16. The molecule has 28 heavy (non-hydrogen) atoms. The number of hydrogen-bond donors (Lipinski definition) is 2. The van der Waals surface area contributed by atoms with Crippen molar-refractivity contribution in [2.24, 2.45) is 0 Å². The first-order valence-electron chi connectivity index (χ1n) is 9.62. The summed E-state index contributed by atoms with van der Waals surface area (Å²) in [5.74, 6) is 1.10. The number of benzene rings is 1. The van der Waals surface area contributed by atoms with Crippen molar-refractivity contribution in [2.45, 2.75) is 39.2 Å². The summed E-state index contributed by atoms with van der Waals surface area (Å²) < 4.78 is 10.9. The third-order valence-electron chi connectivity index (χ3n) is 5.04. The Balaban J connectivity index is 1.41. The van der Waals surface area contributed by atoms with Crippen LogP contribution in [0.25, 0.3) is 0 Å². The van der Waals surface area contributed by atoms with E-state index in [1.165, 1.54) is 4.90 Å². The average molecular weight is 383 g/mol. The van der Waals surface area contributed by atoms with E-state index in [1.54, 1.807) is 6.20 Å². The van der Waals surface area contributed by atoms with Gasteiger partial charge in [-0.2, -0.15) is 4.98 Å². The number of nitrogens with one attached hydrogen (secondary N) is 2. The molecule has 0 aliphatic carbocycles. The van der Waals surface area contributed by atoms with E-state index in [4.69, 9.17) is 9.47 Å². The van der Waals surface area contributed by atoms with Crippen molar-refractivity contribution in [1.82, 2.24) is 15.3 Å². The van der Waals surface area contributed by atoms with Crippen molar-refractivity contribution in [1.29, 1.82) is 0 Å². The van der Waals surface area contributed by atoms with Gasteiger partial charge in [-0.05, 0) is 25.0 Å². The van der Waals surface area contributed by atoms with E-state index in [9.17, 15) is 4.79 Å². The molecule has 1 aromatic carbocycles. The third kappa shape index (κ3) is 3.93. The van der Waals surface area contributed by atoms with Crippen molar-refractivity contribution in [3.8, 4) is 0 Å². The summed E-state index contributed by atoms with van der Waals surface area (Å²) in [6, 6.07) is 8.37. The van der Waals surface area contributed by atoms with Crippen LogP contribution in [0.5, 0.6) is 0 Å². The monoisotopic (exact) mass is 383 g/mol. The van der Waals surface area contributed by atoms with Crippen molar-refractivity contribution in [2.75, 3.05) is 29.9 Å². The number of amides is 1. The van der Waals surface area contributed by atoms with E-state index in [0.29, 0.717) is 31.0 Å². The fraction of sp³-hybridized carbons (Fsp3) is 0.450. The predicted octanol–water partition coefficient (Wildman–Crippen LogP) is 2.61. The summed E-state index contributed by atoms with van der Waals surface area (Å²) in [6.07, 6.45) is 1.67. The highest BCUT2D eigenvalue weighted by Crippen LogP contribution is 2.26. The number of carbonyl (C=O) groups excluding carboxylic acids is 1. The van der Waals surface area contributed by atoms with Gasteiger partial charge in [-0.15, -0.1) is 0 Å². The molecule has 2 N–H and O–H groups in total. The number of carbonyl (C=O) groups is 1. The number of hydrogen-bond acceptors (Lipinski definition) is 7. The van der Waals surface area contributed by atoms with Gasteiger partial charge in [-0.3, -0.25) is 4.90 Å². The molecule has 2 aliphatic heterocycles. The highest BCUT2D eigenvalue weighted by atomic mass is 16.6. The molecule has 8 nitrogen and oxygen atoms in total. The number of nitrogens with zero attached hydrogens (tertiary/aromatic N) is 3. The molecule has 1 aromatic heterocycles. The van der Waals surface area contributed by atoms with Gasteiger partial charge in [0.15, 0.2) is 0 Å². The Hall–Kier alpha value is -2.71. The Morgan fingerprint density at radius 1 is 1.36 bits per heavy atom. The lowest BCUT2D eigenvalue weighted by Crippen LogP contribution is -2.48. The summed E-state index contributed by atoms with van der Waals surface area (Å²) in [7, 11) is 0. The van der Waals surface area contributed by atoms with Crippen LogP contribution in [0.2, 0.25) is 0 Å². The molecule has 8 heteroatoms. The van der Waals surface area contributed by atoms with Crippen LogP contribution in [0.4, 0.5) is 16.6 Å². The standard InChI is InChI=1S/C20H25N5O3/c1-3-25-18-16(12-28-20(25)26)8-22-19(24-18)23-13(2)15-6-4-14(5-7-15)11-27-17-9-21-10-17/h4-8,13,17,21H,3,9-12H2,1-2H3,(H,22,23,24). The Kier molecular flexibility index (Phi) is 5.40. The minimum Gasteiger partial charge on any atom is -0.444 e. The van der Waals surface area contributed by atoms with E-state index in [-0.39, 0.29) is 18.7 Å². The second-order valence-corrected chi connectivity index (χ2v) is 7.04. The first kappa shape index (κ1) is 18.6. The van der Waals surface area contributed by atoms with Gasteiger partial charge in [-0.25, -0.2) is 9.78 Å². The molecule has 2 aromatic rings. The Morgan fingerprint density at radius 3 is 2.82 bits per heavy atom. The summed E-state index contributed by atoms with van der Waals surface area (Å²) >= 11 is 0. The quantitative estimate of drug-likeness (QED) is 0.760. The highest BCUT2D eigenvalue weighted by Gasteiger charge is 2.26. The maximum atomic E-state index is 11.9. The highest BCUT2D eigenvalue weighted by molar-refractivity contribution is 5.89. The Morgan fingerprint density at radius 2 is 2.14 bits per heavy atom. The number of cyclic esters (lactones) is 1. The molecule has 1 unspecified atom stereocenters. The summed E-state index contributed by atoms with van der Waals surface area (Å²) in [5, 5.41) is 6.51. The zero-order chi connectivity index (χ0) is 19.5. The molecule has 1 saturated heterocycles. The topological polar surface area (TPSA) is 88.6 Å². The molecule has 1 amide bonds. The molecule has 3 heterocycles. The fourth-order valence-corrected chi connectivity index (χ4v) is 3.16. The van der Waals surface area contributed by atoms with Gasteiger partial charge in [0.25, 0.3) is 0 Å². The molecule has 148 valence electrons. The fourth-order valence-electron chi connectivity index (χ4n) is 3.16. The van der Waals surface area contributed by atoms with Crippen molar-refractivity contribution in [3.63, 3.8) is 0 Å². The van der Waals surface area contributed by atoms with Crippen LogP contribution in [0, 0.1) is 0 Å². The van der Waals surface area contributed by atoms with Gasteiger partial charge in [0.05, 0.1) is 24.3 Å². The molecular weight excluding hydrogens is 358 g/mol. The van der Waals surface area contributed by atoms with Gasteiger partial charge >= 0.3 is 6.09 Å². The van der Waals surface area contributed by atoms with Crippen LogP contribution < -0.4 is 15.5 Å². The average Bonchev–Trinajstić information content (AvgIpc) is 2.67. The second kappa shape index (κ2) is 8.12. The second-order valence-electron chi connectivity index (χ2n) is 7.04. The molecular formula is C20H25N5O3. The van der Waals surface area contributed by atoms with E-state index in [0.717, 1.165) is 29.8 Å². The summed E-state index contributed by atoms with van der Waals surface area (Å²) in [5.41, 5.74) is 3.10. The molecule has 0 radical (unpaired) electrons. The van der Waals surface area contributed by atoms with E-state index < -0.39 is 0 Å². The molecule has 0 spiro atoms. The van der Waals surface area contributed by atoms with Crippen LogP contribution in [0.15, 0.2) is 30.5 Å². The number of rotatable bonds is 7. The van der Waals surface area contributed by atoms with Gasteiger partial charge in [0.1, 0.15) is 12.4 Å². The largest absolute Gasteiger partial charge is 0.444 e. The van der Waals surface area contributed by atoms with Crippen molar-refractivity contribution in [3.05, 3.63) is 47.2 Å². The number of aromatic nitrogens is 2. The lowest BCUT2D eigenvalue weighted by atomic mass is 10.1. The molecule has 1 atom stereocenters. The third-order valence-corrected chi connectivity index (χ3v) is 5.04. The van der Waals surface area contributed by atoms with E-state index >= 15 is 0 Å². The predicted molar refractivity (Wildman–Crippen MR) is 105 cm³/mol. The van der Waals surface area contributed by atoms with Gasteiger partial charge in [0, 0.05) is 25.8 Å². The Labute approximate surface area is 164 Å². The SMILES string of the molecule is CCN1C(=O)OCc2cnc(NC(C)c3ccc(COC4CNC4)cc3)nc21. The zero-order valence-electron chi connectivity index (χ0n) is 16.1. The molecule has 4 rings (SSSR count). The van der Waals surface area contributed by atoms with Crippen LogP contribution in [-0.2, 0) is 22.7 Å². The molecule has 0 bridgehead atoms. The number of fused-ring (bicyclic) bond motifs is 1. The first-order valence-corrected chi connectivity index (χ1v) is 9.62. The van der Waals surface area contributed by atoms with Crippen LogP contribution in [0.1, 0.15) is 36.6 Å². The lowest BCUT2D eigenvalue weighted by molar-refractivity contribution is 0.00758. The molecule has 2 aliphatic rings. The minimum absolute atomic E-state index is 0.0227.